The van der Waals surface area contributed by atoms with E-state index in [1.807, 2.05) is 60.3 Å². The van der Waals surface area contributed by atoms with E-state index in [0.29, 0.717) is 10.8 Å². The van der Waals surface area contributed by atoms with Gasteiger partial charge in [0.05, 0.1) is 17.8 Å². The number of anilines is 2. The maximum atomic E-state index is 11.8. The number of benzene rings is 1. The molecule has 0 radical (unpaired) electrons. The highest BCUT2D eigenvalue weighted by Gasteiger charge is 2.40. The molecular formula is C22H23N5O2S. The van der Waals surface area contributed by atoms with Gasteiger partial charge in [-0.2, -0.15) is 0 Å². The van der Waals surface area contributed by atoms with Gasteiger partial charge in [0.1, 0.15) is 6.61 Å². The molecule has 1 aliphatic rings. The predicted molar refractivity (Wildman–Crippen MR) is 120 cm³/mol. The third-order valence-corrected chi connectivity index (χ3v) is 5.31. The fourth-order valence-corrected chi connectivity index (χ4v) is 4.05. The lowest BCUT2D eigenvalue weighted by atomic mass is 9.98. The molecule has 8 heteroatoms. The van der Waals surface area contributed by atoms with E-state index >= 15 is 0 Å². The first-order chi connectivity index (χ1) is 14.6. The molecule has 0 unspecified atom stereocenters. The molecule has 7 nitrogen and oxygen atoms in total. The molecule has 30 heavy (non-hydrogen) atoms. The topological polar surface area (TPSA) is 71.4 Å². The quantitative estimate of drug-likeness (QED) is 0.596. The summed E-state index contributed by atoms with van der Waals surface area (Å²) >= 11 is 5.71. The Labute approximate surface area is 180 Å². The summed E-state index contributed by atoms with van der Waals surface area (Å²) in [5, 5.41) is 6.88. The summed E-state index contributed by atoms with van der Waals surface area (Å²) in [6.07, 6.45) is 5.92. The Morgan fingerprint density at radius 3 is 2.67 bits per heavy atom. The van der Waals surface area contributed by atoms with Crippen LogP contribution in [-0.2, 0) is 16.6 Å². The van der Waals surface area contributed by atoms with E-state index in [1.165, 1.54) is 7.11 Å². The average Bonchev–Trinajstić information content (AvgIpc) is 3.32. The average molecular weight is 422 g/mol. The molecule has 2 N–H and O–H groups in total. The van der Waals surface area contributed by atoms with Gasteiger partial charge in [-0.05, 0) is 60.2 Å². The van der Waals surface area contributed by atoms with Crippen LogP contribution in [0.3, 0.4) is 0 Å². The highest BCUT2D eigenvalue weighted by molar-refractivity contribution is 7.80. The Balaban J connectivity index is 1.67. The zero-order valence-electron chi connectivity index (χ0n) is 16.8. The first-order valence-electron chi connectivity index (χ1n) is 9.58. The number of methoxy groups -OCH3 is 1. The SMILES string of the molecule is COCC(=O)Nc1ccc(N2C(=S)N[C@@H](c3ccccn3)[C@@H]2c2ccn(C)c2)cc1. The minimum absolute atomic E-state index is 0.0176. The maximum Gasteiger partial charge on any atom is 0.250 e. The third kappa shape index (κ3) is 4.05. The molecule has 154 valence electrons. The van der Waals surface area contributed by atoms with Crippen molar-refractivity contribution in [3.05, 3.63) is 78.4 Å². The Kier molecular flexibility index (Phi) is 5.78. The molecule has 1 amide bonds. The molecule has 0 bridgehead atoms. The summed E-state index contributed by atoms with van der Waals surface area (Å²) in [6.45, 7) is 0.0176. The molecule has 1 saturated heterocycles. The van der Waals surface area contributed by atoms with Gasteiger partial charge in [0.25, 0.3) is 0 Å². The number of aromatic nitrogens is 2. The summed E-state index contributed by atoms with van der Waals surface area (Å²) in [6, 6.07) is 15.5. The number of nitrogens with one attached hydrogen (secondary N) is 2. The smallest absolute Gasteiger partial charge is 0.250 e. The number of nitrogens with zero attached hydrogens (tertiary/aromatic N) is 3. The van der Waals surface area contributed by atoms with Gasteiger partial charge in [-0.1, -0.05) is 6.07 Å². The number of thiocarbonyl (C=S) groups is 1. The minimum atomic E-state index is -0.194. The summed E-state index contributed by atoms with van der Waals surface area (Å²) in [5.41, 5.74) is 3.71. The van der Waals surface area contributed by atoms with Crippen molar-refractivity contribution in [1.82, 2.24) is 14.9 Å². The number of ether oxygens (including phenoxy) is 1. The van der Waals surface area contributed by atoms with Crippen molar-refractivity contribution in [2.24, 2.45) is 7.05 Å². The van der Waals surface area contributed by atoms with Gasteiger partial charge in [0.15, 0.2) is 5.11 Å². The molecular weight excluding hydrogens is 398 g/mol. The summed E-state index contributed by atoms with van der Waals surface area (Å²) in [7, 11) is 3.49. The number of pyridine rings is 1. The summed E-state index contributed by atoms with van der Waals surface area (Å²) in [5.74, 6) is -0.194. The van der Waals surface area contributed by atoms with Crippen molar-refractivity contribution in [2.45, 2.75) is 12.1 Å². The number of carbonyl (C=O) groups excluding carboxylic acids is 1. The number of amides is 1. The van der Waals surface area contributed by atoms with Gasteiger partial charge in [-0.3, -0.25) is 9.78 Å². The third-order valence-electron chi connectivity index (χ3n) is 5.00. The van der Waals surface area contributed by atoms with Crippen molar-refractivity contribution in [1.29, 1.82) is 0 Å². The zero-order valence-corrected chi connectivity index (χ0v) is 17.6. The lowest BCUT2D eigenvalue weighted by molar-refractivity contribution is -0.119. The van der Waals surface area contributed by atoms with Crippen molar-refractivity contribution >= 4 is 34.6 Å². The molecule has 0 saturated carbocycles. The monoisotopic (exact) mass is 421 g/mol. The molecule has 1 aliphatic heterocycles. The first-order valence-corrected chi connectivity index (χ1v) is 9.99. The van der Waals surface area contributed by atoms with Crippen LogP contribution in [0.15, 0.2) is 67.1 Å². The van der Waals surface area contributed by atoms with Gasteiger partial charge >= 0.3 is 0 Å². The van der Waals surface area contributed by atoms with E-state index < -0.39 is 0 Å². The molecule has 0 spiro atoms. The maximum absolute atomic E-state index is 11.8. The van der Waals surface area contributed by atoms with Crippen LogP contribution in [0.4, 0.5) is 11.4 Å². The number of aryl methyl sites for hydroxylation is 1. The molecule has 4 rings (SSSR count). The van der Waals surface area contributed by atoms with E-state index in [1.54, 1.807) is 6.20 Å². The van der Waals surface area contributed by atoms with Crippen LogP contribution in [0, 0.1) is 0 Å². The lowest BCUT2D eigenvalue weighted by Gasteiger charge is -2.27. The van der Waals surface area contributed by atoms with Crippen molar-refractivity contribution in [3.63, 3.8) is 0 Å². The van der Waals surface area contributed by atoms with Gasteiger partial charge in [-0.25, -0.2) is 0 Å². The molecule has 2 atom stereocenters. The van der Waals surface area contributed by atoms with Crippen molar-refractivity contribution in [2.75, 3.05) is 23.9 Å². The zero-order chi connectivity index (χ0) is 21.1. The van der Waals surface area contributed by atoms with Crippen molar-refractivity contribution in [3.8, 4) is 0 Å². The van der Waals surface area contributed by atoms with Crippen molar-refractivity contribution < 1.29 is 9.53 Å². The van der Waals surface area contributed by atoms with Gasteiger partial charge < -0.3 is 24.8 Å². The predicted octanol–water partition coefficient (Wildman–Crippen LogP) is 3.18. The van der Waals surface area contributed by atoms with Crippen LogP contribution >= 0.6 is 12.2 Å². The van der Waals surface area contributed by atoms with E-state index in [-0.39, 0.29) is 24.6 Å². The fourth-order valence-electron chi connectivity index (χ4n) is 3.71. The molecule has 1 fully saturated rings. The van der Waals surface area contributed by atoms with Crippen LogP contribution in [0.2, 0.25) is 0 Å². The van der Waals surface area contributed by atoms with Crippen LogP contribution < -0.4 is 15.5 Å². The summed E-state index contributed by atoms with van der Waals surface area (Å²) < 4.78 is 6.89. The van der Waals surface area contributed by atoms with Crippen LogP contribution in [-0.4, -0.2) is 34.3 Å². The molecule has 3 heterocycles. The highest BCUT2D eigenvalue weighted by Crippen LogP contribution is 2.41. The normalized spacial score (nSPS) is 18.3. The fraction of sp³-hybridized carbons (Fsp3) is 0.227. The Bertz CT molecular complexity index is 1040. The number of hydrogen-bond acceptors (Lipinski definition) is 4. The highest BCUT2D eigenvalue weighted by atomic mass is 32.1. The van der Waals surface area contributed by atoms with E-state index in [2.05, 4.69) is 32.8 Å². The van der Waals surface area contributed by atoms with Crippen LogP contribution in [0.5, 0.6) is 0 Å². The van der Waals surface area contributed by atoms with Crippen LogP contribution in [0.25, 0.3) is 0 Å². The van der Waals surface area contributed by atoms with E-state index in [9.17, 15) is 4.79 Å². The second-order valence-corrected chi connectivity index (χ2v) is 7.52. The lowest BCUT2D eigenvalue weighted by Crippen LogP contribution is -2.29. The molecule has 2 aromatic heterocycles. The van der Waals surface area contributed by atoms with E-state index in [0.717, 1.165) is 16.9 Å². The number of carbonyl (C=O) groups is 1. The van der Waals surface area contributed by atoms with Gasteiger partial charge in [0.2, 0.25) is 5.91 Å². The second kappa shape index (κ2) is 8.64. The molecule has 1 aromatic carbocycles. The van der Waals surface area contributed by atoms with Gasteiger partial charge in [0, 0.05) is 44.1 Å². The van der Waals surface area contributed by atoms with Gasteiger partial charge in [-0.15, -0.1) is 0 Å². The largest absolute Gasteiger partial charge is 0.375 e. The number of hydrogen-bond donors (Lipinski definition) is 2. The standard InChI is InChI=1S/C22H23N5O2S/c1-26-12-10-15(13-26)21-20(18-5-3-4-11-23-18)25-22(30)27(21)17-8-6-16(7-9-17)24-19(28)14-29-2/h3-13,20-21H,14H2,1-2H3,(H,24,28)(H,25,30)/t20-,21-/m0/s1. The number of rotatable bonds is 6. The Morgan fingerprint density at radius 1 is 1.23 bits per heavy atom. The Morgan fingerprint density at radius 2 is 2.03 bits per heavy atom. The van der Waals surface area contributed by atoms with E-state index in [4.69, 9.17) is 17.0 Å². The molecule has 0 aliphatic carbocycles. The first kappa shape index (κ1) is 20.1. The van der Waals surface area contributed by atoms with Crippen LogP contribution in [0.1, 0.15) is 23.3 Å². The minimum Gasteiger partial charge on any atom is -0.375 e. The summed E-state index contributed by atoms with van der Waals surface area (Å²) in [4.78, 5) is 18.4. The second-order valence-electron chi connectivity index (χ2n) is 7.13. The molecule has 3 aromatic rings. The Hall–Kier alpha value is -3.23.